The number of pyridine rings is 1. The van der Waals surface area contributed by atoms with Crippen LogP contribution in [0.25, 0.3) is 0 Å². The van der Waals surface area contributed by atoms with Crippen molar-refractivity contribution in [3.8, 4) is 0 Å². The van der Waals surface area contributed by atoms with E-state index in [2.05, 4.69) is 10.3 Å². The van der Waals surface area contributed by atoms with E-state index in [1.807, 2.05) is 25.1 Å². The number of ether oxygens (including phenoxy) is 1. The average molecular weight is 339 g/mol. The number of aryl methyl sites for hydroxylation is 1. The smallest absolute Gasteiger partial charge is 0.256 e. The summed E-state index contributed by atoms with van der Waals surface area (Å²) >= 11 is 0. The standard InChI is InChI=1S/C19H21N3O3/c1-3-13-11-20-8-6-16(13)19(24)21-15-4-5-17-14(10-15)7-9-22(17)18(23)12-25-2/h4-6,8,10-11H,3,7,9,12H2,1-2H3,(H,21,24). The number of anilines is 2. The number of carbonyl (C=O) groups is 2. The SMILES string of the molecule is CCc1cnccc1C(=O)Nc1ccc2c(c1)CCN2C(=O)COC. The number of rotatable bonds is 5. The first-order valence-electron chi connectivity index (χ1n) is 8.30. The van der Waals surface area contributed by atoms with E-state index in [0.29, 0.717) is 12.1 Å². The van der Waals surface area contributed by atoms with Gasteiger partial charge < -0.3 is 15.0 Å². The van der Waals surface area contributed by atoms with Crippen molar-refractivity contribution in [3.63, 3.8) is 0 Å². The lowest BCUT2D eigenvalue weighted by atomic mass is 10.1. The van der Waals surface area contributed by atoms with Crippen molar-refractivity contribution >= 4 is 23.2 Å². The molecule has 0 bridgehead atoms. The molecule has 3 rings (SSSR count). The maximum atomic E-state index is 12.5. The Bertz CT molecular complexity index is 804. The fourth-order valence-electron chi connectivity index (χ4n) is 3.07. The van der Waals surface area contributed by atoms with Crippen LogP contribution >= 0.6 is 0 Å². The fourth-order valence-corrected chi connectivity index (χ4v) is 3.07. The number of benzene rings is 1. The predicted molar refractivity (Wildman–Crippen MR) is 95.9 cm³/mol. The van der Waals surface area contributed by atoms with Crippen LogP contribution < -0.4 is 10.2 Å². The van der Waals surface area contributed by atoms with Crippen LogP contribution in [-0.4, -0.2) is 37.1 Å². The highest BCUT2D eigenvalue weighted by atomic mass is 16.5. The van der Waals surface area contributed by atoms with E-state index in [1.54, 1.807) is 23.4 Å². The molecule has 0 radical (unpaired) electrons. The first-order valence-corrected chi connectivity index (χ1v) is 8.30. The van der Waals surface area contributed by atoms with E-state index in [4.69, 9.17) is 4.74 Å². The number of amides is 2. The molecular weight excluding hydrogens is 318 g/mol. The van der Waals surface area contributed by atoms with Gasteiger partial charge in [0, 0.05) is 43.0 Å². The Hall–Kier alpha value is -2.73. The molecule has 6 heteroatoms. The Balaban J connectivity index is 1.77. The second-order valence-corrected chi connectivity index (χ2v) is 5.91. The summed E-state index contributed by atoms with van der Waals surface area (Å²) in [6, 6.07) is 7.35. The van der Waals surface area contributed by atoms with Crippen LogP contribution in [0, 0.1) is 0 Å². The van der Waals surface area contributed by atoms with Gasteiger partial charge in [0.25, 0.3) is 11.8 Å². The highest BCUT2D eigenvalue weighted by Crippen LogP contribution is 2.30. The lowest BCUT2D eigenvalue weighted by Crippen LogP contribution is -2.31. The molecule has 1 aliphatic heterocycles. The van der Waals surface area contributed by atoms with Gasteiger partial charge in [0.2, 0.25) is 0 Å². The summed E-state index contributed by atoms with van der Waals surface area (Å²) in [6.07, 6.45) is 4.86. The molecule has 0 aliphatic carbocycles. The number of nitrogens with one attached hydrogen (secondary N) is 1. The highest BCUT2D eigenvalue weighted by Gasteiger charge is 2.24. The van der Waals surface area contributed by atoms with Crippen LogP contribution in [-0.2, 0) is 22.4 Å². The average Bonchev–Trinajstić information content (AvgIpc) is 3.05. The van der Waals surface area contributed by atoms with Crippen molar-refractivity contribution in [2.45, 2.75) is 19.8 Å². The molecule has 1 aromatic heterocycles. The molecule has 0 fully saturated rings. The second kappa shape index (κ2) is 7.44. The Morgan fingerprint density at radius 1 is 1.32 bits per heavy atom. The minimum atomic E-state index is -0.149. The molecule has 2 amide bonds. The molecule has 130 valence electrons. The van der Waals surface area contributed by atoms with E-state index < -0.39 is 0 Å². The number of nitrogens with zero attached hydrogens (tertiary/aromatic N) is 2. The summed E-state index contributed by atoms with van der Waals surface area (Å²) in [5.41, 5.74) is 4.21. The minimum absolute atomic E-state index is 0.0533. The highest BCUT2D eigenvalue weighted by molar-refractivity contribution is 6.05. The molecule has 0 spiro atoms. The summed E-state index contributed by atoms with van der Waals surface area (Å²) in [6.45, 7) is 2.70. The van der Waals surface area contributed by atoms with Gasteiger partial charge in [-0.1, -0.05) is 6.92 Å². The van der Waals surface area contributed by atoms with Crippen molar-refractivity contribution < 1.29 is 14.3 Å². The maximum absolute atomic E-state index is 12.5. The zero-order valence-corrected chi connectivity index (χ0v) is 14.4. The van der Waals surface area contributed by atoms with Crippen LogP contribution in [0.5, 0.6) is 0 Å². The summed E-state index contributed by atoms with van der Waals surface area (Å²) < 4.78 is 4.92. The zero-order valence-electron chi connectivity index (χ0n) is 14.4. The molecule has 2 heterocycles. The summed E-state index contributed by atoms with van der Waals surface area (Å²) in [5, 5.41) is 2.94. The Morgan fingerprint density at radius 3 is 2.92 bits per heavy atom. The molecule has 0 atom stereocenters. The summed E-state index contributed by atoms with van der Waals surface area (Å²) in [4.78, 5) is 30.4. The summed E-state index contributed by atoms with van der Waals surface area (Å²) in [5.74, 6) is -0.202. The molecular formula is C19H21N3O3. The molecule has 6 nitrogen and oxygen atoms in total. The molecule has 0 saturated heterocycles. The van der Waals surface area contributed by atoms with Gasteiger partial charge in [-0.2, -0.15) is 0 Å². The first kappa shape index (κ1) is 17.1. The number of hydrogen-bond donors (Lipinski definition) is 1. The normalized spacial score (nSPS) is 12.8. The molecule has 25 heavy (non-hydrogen) atoms. The van der Waals surface area contributed by atoms with Gasteiger partial charge in [0.05, 0.1) is 0 Å². The van der Waals surface area contributed by atoms with Gasteiger partial charge in [-0.25, -0.2) is 0 Å². The molecule has 0 saturated carbocycles. The van der Waals surface area contributed by atoms with Crippen molar-refractivity contribution in [1.82, 2.24) is 4.98 Å². The Kier molecular flexibility index (Phi) is 5.09. The molecule has 1 N–H and O–H groups in total. The van der Waals surface area contributed by atoms with Crippen molar-refractivity contribution in [2.24, 2.45) is 0 Å². The Morgan fingerprint density at radius 2 is 2.16 bits per heavy atom. The summed E-state index contributed by atoms with van der Waals surface area (Å²) in [7, 11) is 1.51. The second-order valence-electron chi connectivity index (χ2n) is 5.91. The number of fused-ring (bicyclic) bond motifs is 1. The fraction of sp³-hybridized carbons (Fsp3) is 0.316. The van der Waals surface area contributed by atoms with Gasteiger partial charge in [-0.3, -0.25) is 14.6 Å². The lowest BCUT2D eigenvalue weighted by Gasteiger charge is -2.17. The van der Waals surface area contributed by atoms with Crippen LogP contribution in [0.2, 0.25) is 0 Å². The van der Waals surface area contributed by atoms with Crippen LogP contribution in [0.15, 0.2) is 36.7 Å². The van der Waals surface area contributed by atoms with E-state index in [0.717, 1.165) is 35.3 Å². The van der Waals surface area contributed by atoms with Crippen molar-refractivity contribution in [1.29, 1.82) is 0 Å². The molecule has 2 aromatic rings. The van der Waals surface area contributed by atoms with Crippen LogP contribution in [0.3, 0.4) is 0 Å². The predicted octanol–water partition coefficient (Wildman–Crippen LogP) is 2.43. The van der Waals surface area contributed by atoms with Crippen molar-refractivity contribution in [2.75, 3.05) is 30.5 Å². The minimum Gasteiger partial charge on any atom is -0.375 e. The van der Waals surface area contributed by atoms with E-state index in [-0.39, 0.29) is 18.4 Å². The molecule has 1 aliphatic rings. The van der Waals surface area contributed by atoms with E-state index >= 15 is 0 Å². The van der Waals surface area contributed by atoms with E-state index in [9.17, 15) is 9.59 Å². The number of carbonyl (C=O) groups excluding carboxylic acids is 2. The number of methoxy groups -OCH3 is 1. The van der Waals surface area contributed by atoms with Gasteiger partial charge in [0.1, 0.15) is 6.61 Å². The number of aromatic nitrogens is 1. The van der Waals surface area contributed by atoms with Crippen LogP contribution in [0.4, 0.5) is 11.4 Å². The monoisotopic (exact) mass is 339 g/mol. The van der Waals surface area contributed by atoms with Crippen LogP contribution in [0.1, 0.15) is 28.4 Å². The third-order valence-electron chi connectivity index (χ3n) is 4.33. The third kappa shape index (κ3) is 3.53. The first-order chi connectivity index (χ1) is 12.1. The van der Waals surface area contributed by atoms with Crippen molar-refractivity contribution in [3.05, 3.63) is 53.3 Å². The van der Waals surface area contributed by atoms with Gasteiger partial charge in [-0.05, 0) is 48.2 Å². The molecule has 0 unspecified atom stereocenters. The molecule has 1 aromatic carbocycles. The largest absolute Gasteiger partial charge is 0.375 e. The van der Waals surface area contributed by atoms with Gasteiger partial charge in [0.15, 0.2) is 0 Å². The zero-order chi connectivity index (χ0) is 17.8. The van der Waals surface area contributed by atoms with E-state index in [1.165, 1.54) is 7.11 Å². The maximum Gasteiger partial charge on any atom is 0.256 e. The third-order valence-corrected chi connectivity index (χ3v) is 4.33. The lowest BCUT2D eigenvalue weighted by molar-refractivity contribution is -0.122. The number of hydrogen-bond acceptors (Lipinski definition) is 4. The quantitative estimate of drug-likeness (QED) is 0.908. The Labute approximate surface area is 146 Å². The topological polar surface area (TPSA) is 71.5 Å². The van der Waals surface area contributed by atoms with Gasteiger partial charge >= 0.3 is 0 Å². The van der Waals surface area contributed by atoms with Gasteiger partial charge in [-0.15, -0.1) is 0 Å².